The van der Waals surface area contributed by atoms with E-state index in [0.29, 0.717) is 10.6 Å². The van der Waals surface area contributed by atoms with Gasteiger partial charge in [0, 0.05) is 35.6 Å². The molecule has 4 nitrogen and oxygen atoms in total. The van der Waals surface area contributed by atoms with Gasteiger partial charge in [-0.1, -0.05) is 41.8 Å². The molecule has 0 aliphatic carbocycles. The summed E-state index contributed by atoms with van der Waals surface area (Å²) >= 11 is 12.5. The van der Waals surface area contributed by atoms with Crippen molar-refractivity contribution in [1.29, 1.82) is 0 Å². The minimum absolute atomic E-state index is 0.0334. The molecule has 2 heterocycles. The van der Waals surface area contributed by atoms with Crippen LogP contribution in [0.1, 0.15) is 55.6 Å². The second-order valence-corrected chi connectivity index (χ2v) is 8.49. The molecule has 3 aromatic rings. The van der Waals surface area contributed by atoms with Gasteiger partial charge < -0.3 is 5.43 Å². The number of nitrogens with one attached hydrogen (secondary N) is 1. The maximum atomic E-state index is 14.0. The molecule has 0 radical (unpaired) electrons. The minimum atomic E-state index is -0.488. The molecule has 0 saturated heterocycles. The second kappa shape index (κ2) is 9.75. The molecular formula is C24H27Cl2FN4. The highest BCUT2D eigenvalue weighted by Crippen LogP contribution is 2.33. The van der Waals surface area contributed by atoms with Crippen molar-refractivity contribution in [3.8, 4) is 0 Å². The summed E-state index contributed by atoms with van der Waals surface area (Å²) < 4.78 is 17.7. The van der Waals surface area contributed by atoms with Gasteiger partial charge in [0.05, 0.1) is 23.0 Å². The van der Waals surface area contributed by atoms with Crippen molar-refractivity contribution >= 4 is 34.9 Å². The predicted octanol–water partition coefficient (Wildman–Crippen LogP) is 7.18. The Kier molecular flexibility index (Phi) is 7.29. The third-order valence-electron chi connectivity index (χ3n) is 5.27. The first-order chi connectivity index (χ1) is 14.7. The molecule has 0 amide bonds. The minimum Gasteiger partial charge on any atom is -0.319 e. The molecule has 7 heteroatoms. The Balaban J connectivity index is 2.02. The van der Waals surface area contributed by atoms with Crippen molar-refractivity contribution in [2.24, 2.45) is 7.05 Å². The average Bonchev–Trinajstić information content (AvgIpc) is 3.31. The quantitative estimate of drug-likeness (QED) is 0.299. The first-order valence-corrected chi connectivity index (χ1v) is 10.9. The lowest BCUT2D eigenvalue weighted by molar-refractivity contribution is 0.621. The van der Waals surface area contributed by atoms with Crippen LogP contribution in [0.15, 0.2) is 48.4 Å². The van der Waals surface area contributed by atoms with Crippen molar-refractivity contribution in [3.05, 3.63) is 86.7 Å². The fourth-order valence-electron chi connectivity index (χ4n) is 3.34. The molecule has 164 valence electrons. The van der Waals surface area contributed by atoms with E-state index in [0.717, 1.165) is 28.8 Å². The molecule has 0 spiro atoms. The standard InChI is InChI=1S/C24H27Cl2FN4/c1-6-15(2)11-18(19-13-28-30(5)14-19)12-22-16(3)9-10-31(22)29-17(4)23-20(25)7-8-21(27)24(23)26/h7-14,17,29H,6H2,1-5H3/b15-11+,18-12+. The van der Waals surface area contributed by atoms with Gasteiger partial charge in [0.2, 0.25) is 0 Å². The van der Waals surface area contributed by atoms with Gasteiger partial charge in [-0.25, -0.2) is 4.39 Å². The molecule has 31 heavy (non-hydrogen) atoms. The largest absolute Gasteiger partial charge is 0.319 e. The summed E-state index contributed by atoms with van der Waals surface area (Å²) in [6.07, 6.45) is 11.1. The van der Waals surface area contributed by atoms with Gasteiger partial charge in [0.25, 0.3) is 0 Å². The molecule has 0 saturated carbocycles. The van der Waals surface area contributed by atoms with Gasteiger partial charge in [-0.15, -0.1) is 0 Å². The molecule has 0 aliphatic heterocycles. The van der Waals surface area contributed by atoms with E-state index in [-0.39, 0.29) is 11.1 Å². The Morgan fingerprint density at radius 3 is 2.68 bits per heavy atom. The first kappa shape index (κ1) is 23.2. The van der Waals surface area contributed by atoms with E-state index in [1.165, 1.54) is 17.7 Å². The normalized spacial score (nSPS) is 13.5. The third kappa shape index (κ3) is 5.23. The average molecular weight is 461 g/mol. The van der Waals surface area contributed by atoms with Crippen LogP contribution >= 0.6 is 23.2 Å². The van der Waals surface area contributed by atoms with Crippen LogP contribution in [-0.4, -0.2) is 14.5 Å². The number of benzene rings is 1. The van der Waals surface area contributed by atoms with E-state index >= 15 is 0 Å². The van der Waals surface area contributed by atoms with Crippen LogP contribution < -0.4 is 5.43 Å². The molecular weight excluding hydrogens is 434 g/mol. The highest BCUT2D eigenvalue weighted by Gasteiger charge is 2.18. The number of hydrogen-bond acceptors (Lipinski definition) is 2. The summed E-state index contributed by atoms with van der Waals surface area (Å²) in [5.74, 6) is -0.488. The van der Waals surface area contributed by atoms with E-state index in [1.807, 2.05) is 50.2 Å². The number of aryl methyl sites for hydroxylation is 2. The van der Waals surface area contributed by atoms with Crippen LogP contribution in [0.25, 0.3) is 11.6 Å². The zero-order valence-corrected chi connectivity index (χ0v) is 19.9. The molecule has 1 unspecified atom stereocenters. The number of aromatic nitrogens is 3. The Bertz CT molecular complexity index is 1140. The van der Waals surface area contributed by atoms with Crippen molar-refractivity contribution in [1.82, 2.24) is 14.5 Å². The zero-order chi connectivity index (χ0) is 22.7. The van der Waals surface area contributed by atoms with E-state index < -0.39 is 5.82 Å². The molecule has 1 N–H and O–H groups in total. The van der Waals surface area contributed by atoms with Gasteiger partial charge >= 0.3 is 0 Å². The summed E-state index contributed by atoms with van der Waals surface area (Å²) in [6.45, 7) is 8.20. The van der Waals surface area contributed by atoms with Crippen LogP contribution in [-0.2, 0) is 7.05 Å². The summed E-state index contributed by atoms with van der Waals surface area (Å²) in [6, 6.07) is 4.51. The summed E-state index contributed by atoms with van der Waals surface area (Å²) in [4.78, 5) is 0. The Hall–Kier alpha value is -2.50. The summed E-state index contributed by atoms with van der Waals surface area (Å²) in [5.41, 5.74) is 9.35. The predicted molar refractivity (Wildman–Crippen MR) is 128 cm³/mol. The molecule has 3 rings (SSSR count). The number of rotatable bonds is 7. The van der Waals surface area contributed by atoms with E-state index in [4.69, 9.17) is 23.2 Å². The maximum Gasteiger partial charge on any atom is 0.142 e. The number of hydrogen-bond donors (Lipinski definition) is 1. The molecule has 0 fully saturated rings. The number of allylic oxidation sites excluding steroid dienone is 3. The van der Waals surface area contributed by atoms with Crippen molar-refractivity contribution in [3.63, 3.8) is 0 Å². The summed E-state index contributed by atoms with van der Waals surface area (Å²) in [7, 11) is 1.90. The van der Waals surface area contributed by atoms with Gasteiger partial charge in [-0.2, -0.15) is 5.10 Å². The molecule has 2 aromatic heterocycles. The number of nitrogens with zero attached hydrogens (tertiary/aromatic N) is 3. The second-order valence-electron chi connectivity index (χ2n) is 7.71. The highest BCUT2D eigenvalue weighted by molar-refractivity contribution is 6.36. The molecule has 0 aliphatic rings. The first-order valence-electron chi connectivity index (χ1n) is 10.2. The monoisotopic (exact) mass is 460 g/mol. The van der Waals surface area contributed by atoms with Crippen LogP contribution in [0.4, 0.5) is 4.39 Å². The van der Waals surface area contributed by atoms with Crippen LogP contribution in [0.2, 0.25) is 10.0 Å². The number of halogens is 3. The lowest BCUT2D eigenvalue weighted by Gasteiger charge is -2.21. The molecule has 1 aromatic carbocycles. The van der Waals surface area contributed by atoms with E-state index in [1.54, 1.807) is 4.68 Å². The lowest BCUT2D eigenvalue weighted by atomic mass is 10.0. The fraction of sp³-hybridized carbons (Fsp3) is 0.292. The zero-order valence-electron chi connectivity index (χ0n) is 18.4. The van der Waals surface area contributed by atoms with Gasteiger partial charge in [0.15, 0.2) is 0 Å². The van der Waals surface area contributed by atoms with Crippen molar-refractivity contribution in [2.75, 3.05) is 5.43 Å². The third-order valence-corrected chi connectivity index (χ3v) is 5.99. The van der Waals surface area contributed by atoms with Gasteiger partial charge in [0.1, 0.15) is 5.82 Å². The smallest absolute Gasteiger partial charge is 0.142 e. The Morgan fingerprint density at radius 1 is 1.29 bits per heavy atom. The van der Waals surface area contributed by atoms with Crippen molar-refractivity contribution < 1.29 is 4.39 Å². The summed E-state index contributed by atoms with van der Waals surface area (Å²) in [5, 5.41) is 4.77. The molecule has 1 atom stereocenters. The van der Waals surface area contributed by atoms with Gasteiger partial charge in [-0.05, 0) is 62.6 Å². The Morgan fingerprint density at radius 2 is 2.03 bits per heavy atom. The highest BCUT2D eigenvalue weighted by atomic mass is 35.5. The van der Waals surface area contributed by atoms with Crippen LogP contribution in [0, 0.1) is 12.7 Å². The Labute approximate surface area is 192 Å². The van der Waals surface area contributed by atoms with Gasteiger partial charge in [-0.3, -0.25) is 9.36 Å². The van der Waals surface area contributed by atoms with E-state index in [2.05, 4.69) is 36.5 Å². The molecule has 0 bridgehead atoms. The lowest BCUT2D eigenvalue weighted by Crippen LogP contribution is -2.20. The van der Waals surface area contributed by atoms with E-state index in [9.17, 15) is 4.39 Å². The topological polar surface area (TPSA) is 34.8 Å². The van der Waals surface area contributed by atoms with Crippen LogP contribution in [0.5, 0.6) is 0 Å². The van der Waals surface area contributed by atoms with Crippen LogP contribution in [0.3, 0.4) is 0 Å². The SMILES string of the molecule is CC/C(C)=C/C(=C\c1c(C)ccn1NC(C)c1c(Cl)ccc(F)c1Cl)c1cnn(C)c1. The fourth-order valence-corrected chi connectivity index (χ4v) is 4.04. The maximum absolute atomic E-state index is 14.0. The van der Waals surface area contributed by atoms with Crippen molar-refractivity contribution in [2.45, 2.75) is 40.2 Å².